The normalized spacial score (nSPS) is 50.0. The molecule has 0 spiro atoms. The molecule has 0 heterocycles. The van der Waals surface area contributed by atoms with Gasteiger partial charge in [-0.3, -0.25) is 0 Å². The summed E-state index contributed by atoms with van der Waals surface area (Å²) in [7, 11) is -1.26. The highest BCUT2D eigenvalue weighted by Gasteiger charge is 2.57. The number of rotatable bonds is 2. The maximum atomic E-state index is 2.75. The fourth-order valence-corrected chi connectivity index (χ4v) is 14.2. The van der Waals surface area contributed by atoms with Crippen molar-refractivity contribution in [3.8, 4) is 0 Å². The van der Waals surface area contributed by atoms with Crippen molar-refractivity contribution in [1.29, 1.82) is 0 Å². The Labute approximate surface area is 135 Å². The van der Waals surface area contributed by atoms with Crippen molar-refractivity contribution < 1.29 is 0 Å². The summed E-state index contributed by atoms with van der Waals surface area (Å²) in [5.41, 5.74) is 2.05. The van der Waals surface area contributed by atoms with Crippen LogP contribution in [0.15, 0.2) is 0 Å². The fourth-order valence-electron chi connectivity index (χ4n) is 7.11. The van der Waals surface area contributed by atoms with E-state index in [1.54, 1.807) is 0 Å². The van der Waals surface area contributed by atoms with Crippen LogP contribution in [0.1, 0.15) is 55.4 Å². The predicted molar refractivity (Wildman–Crippen MR) is 98.3 cm³/mol. The van der Waals surface area contributed by atoms with Gasteiger partial charge in [-0.1, -0.05) is 68.5 Å². The van der Waals surface area contributed by atoms with Crippen LogP contribution < -0.4 is 0 Å². The van der Waals surface area contributed by atoms with Gasteiger partial charge < -0.3 is 0 Å². The molecule has 0 N–H and O–H groups in total. The Morgan fingerprint density at radius 3 is 0.762 bits per heavy atom. The summed E-state index contributed by atoms with van der Waals surface area (Å²) in [4.78, 5) is 0. The Morgan fingerprint density at radius 2 is 0.571 bits per heavy atom. The molecule has 0 saturated heterocycles. The lowest BCUT2D eigenvalue weighted by atomic mass is 9.92. The van der Waals surface area contributed by atoms with E-state index in [0.29, 0.717) is 0 Å². The maximum Gasteiger partial charge on any atom is 0.0546 e. The second-order valence-electron chi connectivity index (χ2n) is 9.75. The highest BCUT2D eigenvalue weighted by Crippen LogP contribution is 2.62. The largest absolute Gasteiger partial charge is 0.0689 e. The van der Waals surface area contributed by atoms with E-state index in [4.69, 9.17) is 0 Å². The van der Waals surface area contributed by atoms with Crippen molar-refractivity contribution in [2.75, 3.05) is 0 Å². The van der Waals surface area contributed by atoms with Gasteiger partial charge in [0.1, 0.15) is 0 Å². The maximum absolute atomic E-state index is 2.75. The molecule has 0 aromatic carbocycles. The average Bonchev–Trinajstić information content (AvgIpc) is 2.72. The van der Waals surface area contributed by atoms with Gasteiger partial charge in [0.15, 0.2) is 0 Å². The second kappa shape index (κ2) is 5.69. The molecule has 0 aliphatic heterocycles. The van der Waals surface area contributed by atoms with Crippen molar-refractivity contribution in [3.63, 3.8) is 0 Å². The molecule has 0 aromatic heterocycles. The summed E-state index contributed by atoms with van der Waals surface area (Å²) >= 11 is 0. The first kappa shape index (κ1) is 17.6. The van der Waals surface area contributed by atoms with Gasteiger partial charge >= 0.3 is 0 Å². The van der Waals surface area contributed by atoms with Crippen LogP contribution in [0.2, 0.25) is 24.2 Å². The molecule has 0 amide bonds. The summed E-state index contributed by atoms with van der Waals surface area (Å²) < 4.78 is 0. The third-order valence-corrected chi connectivity index (χ3v) is 14.5. The first-order valence-electron chi connectivity index (χ1n) is 9.53. The lowest BCUT2D eigenvalue weighted by Gasteiger charge is -2.45. The molecule has 2 aliphatic carbocycles. The second-order valence-corrected chi connectivity index (χ2v) is 14.7. The number of hydrogen-bond donors (Lipinski definition) is 0. The summed E-state index contributed by atoms with van der Waals surface area (Å²) in [6.07, 6.45) is 0. The van der Waals surface area contributed by atoms with Crippen molar-refractivity contribution in [3.05, 3.63) is 0 Å². The molecule has 2 fully saturated rings. The van der Waals surface area contributed by atoms with E-state index in [-0.39, 0.29) is 0 Å². The van der Waals surface area contributed by atoms with Gasteiger partial charge in [0.05, 0.1) is 8.07 Å². The smallest absolute Gasteiger partial charge is 0.0546 e. The molecule has 2 saturated carbocycles. The summed E-state index contributed by atoms with van der Waals surface area (Å²) in [5, 5.41) is 0. The van der Waals surface area contributed by atoms with E-state index in [1.165, 1.54) is 0 Å². The minimum atomic E-state index is -1.26. The minimum Gasteiger partial charge on any atom is -0.0689 e. The average molecular weight is 309 g/mol. The Hall–Kier alpha value is 0.217. The monoisotopic (exact) mass is 308 g/mol. The SMILES string of the molecule is C[C@@H]1[C@H](C)[C@H](C)C([Si](C)(C)C2[C@H](C)[C@H](C)[C@H](C)[C@H]2C)[C@H]1C. The molecule has 2 rings (SSSR count). The molecule has 0 aromatic rings. The Kier molecular flexibility index (Phi) is 4.76. The van der Waals surface area contributed by atoms with E-state index in [2.05, 4.69) is 68.5 Å². The fraction of sp³-hybridized carbons (Fsp3) is 1.00. The molecule has 1 heteroatoms. The summed E-state index contributed by atoms with van der Waals surface area (Å²) in [6.45, 7) is 25.8. The van der Waals surface area contributed by atoms with E-state index in [0.717, 1.165) is 58.4 Å². The van der Waals surface area contributed by atoms with Crippen LogP contribution in [0.5, 0.6) is 0 Å². The minimum absolute atomic E-state index is 0.915. The standard InChI is InChI=1S/C20H40Si/c1-11-12(2)16(6)19(15(11)5)21(9,10)20-17(7)13(3)14(4)18(20)8/h11-20H,1-10H3/t11-,12+,13-,14+,15-,16-,17+,18+,19?,20?. The van der Waals surface area contributed by atoms with Gasteiger partial charge in [-0.25, -0.2) is 0 Å². The molecule has 2 aliphatic rings. The van der Waals surface area contributed by atoms with Crippen LogP contribution in [-0.2, 0) is 0 Å². The first-order chi connectivity index (χ1) is 9.53. The van der Waals surface area contributed by atoms with Crippen LogP contribution in [-0.4, -0.2) is 8.07 Å². The van der Waals surface area contributed by atoms with Crippen LogP contribution in [0.4, 0.5) is 0 Å². The molecular formula is C20H40Si. The van der Waals surface area contributed by atoms with Gasteiger partial charge in [0, 0.05) is 0 Å². The van der Waals surface area contributed by atoms with Gasteiger partial charge in [0.2, 0.25) is 0 Å². The van der Waals surface area contributed by atoms with Crippen LogP contribution in [0, 0.1) is 47.3 Å². The van der Waals surface area contributed by atoms with E-state index >= 15 is 0 Å². The van der Waals surface area contributed by atoms with Gasteiger partial charge in [-0.05, 0) is 58.4 Å². The topological polar surface area (TPSA) is 0 Å². The third-order valence-electron chi connectivity index (χ3n) is 8.96. The zero-order valence-corrected chi connectivity index (χ0v) is 17.3. The van der Waals surface area contributed by atoms with E-state index in [1.807, 2.05) is 0 Å². The van der Waals surface area contributed by atoms with Gasteiger partial charge in [-0.15, -0.1) is 0 Å². The van der Waals surface area contributed by atoms with Crippen LogP contribution in [0.3, 0.4) is 0 Å². The Bertz CT molecular complexity index is 312. The predicted octanol–water partition coefficient (Wildman–Crippen LogP) is 6.55. The molecule has 124 valence electrons. The van der Waals surface area contributed by atoms with Crippen LogP contribution >= 0.6 is 0 Å². The third kappa shape index (κ3) is 2.46. The van der Waals surface area contributed by atoms with E-state index in [9.17, 15) is 0 Å². The lowest BCUT2D eigenvalue weighted by Crippen LogP contribution is -2.45. The Balaban J connectivity index is 2.34. The van der Waals surface area contributed by atoms with E-state index < -0.39 is 8.07 Å². The highest BCUT2D eigenvalue weighted by molar-refractivity contribution is 6.80. The highest BCUT2D eigenvalue weighted by atomic mass is 28.3. The molecule has 21 heavy (non-hydrogen) atoms. The van der Waals surface area contributed by atoms with Gasteiger partial charge in [-0.2, -0.15) is 0 Å². The Morgan fingerprint density at radius 1 is 0.381 bits per heavy atom. The zero-order chi connectivity index (χ0) is 16.3. The molecular weight excluding hydrogens is 268 g/mol. The number of hydrogen-bond acceptors (Lipinski definition) is 0. The zero-order valence-electron chi connectivity index (χ0n) is 16.3. The molecule has 2 unspecified atom stereocenters. The van der Waals surface area contributed by atoms with Crippen LogP contribution in [0.25, 0.3) is 0 Å². The van der Waals surface area contributed by atoms with Gasteiger partial charge in [0.25, 0.3) is 0 Å². The quantitative estimate of drug-likeness (QED) is 0.507. The van der Waals surface area contributed by atoms with Crippen molar-refractivity contribution in [2.45, 2.75) is 79.6 Å². The van der Waals surface area contributed by atoms with Crippen molar-refractivity contribution >= 4 is 8.07 Å². The van der Waals surface area contributed by atoms with Crippen molar-refractivity contribution in [2.24, 2.45) is 47.3 Å². The van der Waals surface area contributed by atoms with Crippen molar-refractivity contribution in [1.82, 2.24) is 0 Å². The summed E-state index contributed by atoms with van der Waals surface area (Å²) in [5.74, 6) is 7.39. The molecule has 0 nitrogen and oxygen atoms in total. The first-order valence-corrected chi connectivity index (χ1v) is 12.7. The molecule has 0 bridgehead atoms. The lowest BCUT2D eigenvalue weighted by molar-refractivity contribution is 0.352. The molecule has 0 radical (unpaired) electrons. The molecule has 10 atom stereocenters. The summed E-state index contributed by atoms with van der Waals surface area (Å²) in [6, 6.07) is 0.